The molecule has 0 aromatic carbocycles. The monoisotopic (exact) mass is 306 g/mol. The molecule has 2 amide bonds. The average molecular weight is 306 g/mol. The van der Waals surface area contributed by atoms with Crippen LogP contribution in [0, 0.1) is 6.92 Å². The van der Waals surface area contributed by atoms with E-state index < -0.39 is 6.04 Å². The summed E-state index contributed by atoms with van der Waals surface area (Å²) in [5.41, 5.74) is 7.45. The van der Waals surface area contributed by atoms with Crippen LogP contribution in [-0.2, 0) is 4.79 Å². The molecular formula is C14H18N4O2S. The summed E-state index contributed by atoms with van der Waals surface area (Å²) < 4.78 is 0. The third kappa shape index (κ3) is 2.97. The van der Waals surface area contributed by atoms with Crippen LogP contribution in [0.5, 0.6) is 0 Å². The summed E-state index contributed by atoms with van der Waals surface area (Å²) in [5, 5.41) is 6.12. The number of nitrogens with two attached hydrogens (primary N) is 1. The minimum absolute atomic E-state index is 0.222. The lowest BCUT2D eigenvalue weighted by Gasteiger charge is -2.12. The fourth-order valence-electron chi connectivity index (χ4n) is 2.03. The molecular weight excluding hydrogens is 288 g/mol. The highest BCUT2D eigenvalue weighted by Crippen LogP contribution is 2.34. The summed E-state index contributed by atoms with van der Waals surface area (Å²) in [5.74, 6) is -0.575. The number of anilines is 1. The van der Waals surface area contributed by atoms with Crippen LogP contribution >= 0.6 is 11.3 Å². The molecule has 2 heterocycles. The molecule has 112 valence electrons. The first-order chi connectivity index (χ1) is 9.95. The third-order valence-electron chi connectivity index (χ3n) is 3.14. The average Bonchev–Trinajstić information content (AvgIpc) is 2.77. The first-order valence-electron chi connectivity index (χ1n) is 6.67. The van der Waals surface area contributed by atoms with Crippen LogP contribution in [0.15, 0.2) is 12.3 Å². The van der Waals surface area contributed by atoms with E-state index >= 15 is 0 Å². The smallest absolute Gasteiger partial charge is 0.264 e. The van der Waals surface area contributed by atoms with E-state index in [1.165, 1.54) is 11.3 Å². The van der Waals surface area contributed by atoms with Crippen LogP contribution in [0.25, 0.3) is 10.2 Å². The first-order valence-corrected chi connectivity index (χ1v) is 7.49. The van der Waals surface area contributed by atoms with Gasteiger partial charge in [-0.05, 0) is 32.4 Å². The van der Waals surface area contributed by atoms with E-state index in [9.17, 15) is 9.59 Å². The molecule has 0 aliphatic rings. The maximum absolute atomic E-state index is 12.3. The standard InChI is InChI=1S/C14H18N4O2S/c1-4-16-12(19)8(3)18-13(20)11-10(15)9-7(2)5-6-17-14(9)21-11/h5-6,8H,4,15H2,1-3H3,(H,16,19)(H,18,20). The van der Waals surface area contributed by atoms with Crippen molar-refractivity contribution in [2.24, 2.45) is 0 Å². The summed E-state index contributed by atoms with van der Waals surface area (Å²) in [6.45, 7) is 5.90. The predicted molar refractivity (Wildman–Crippen MR) is 84.4 cm³/mol. The summed E-state index contributed by atoms with van der Waals surface area (Å²) in [4.78, 5) is 29.3. The fourth-order valence-corrected chi connectivity index (χ4v) is 3.07. The molecule has 2 rings (SSSR count). The van der Waals surface area contributed by atoms with Crippen molar-refractivity contribution in [3.8, 4) is 0 Å². The van der Waals surface area contributed by atoms with Gasteiger partial charge in [0.1, 0.15) is 15.7 Å². The van der Waals surface area contributed by atoms with Crippen molar-refractivity contribution in [2.45, 2.75) is 26.8 Å². The molecule has 1 unspecified atom stereocenters. The third-order valence-corrected chi connectivity index (χ3v) is 4.25. The molecule has 0 bridgehead atoms. The highest BCUT2D eigenvalue weighted by Gasteiger charge is 2.21. The van der Waals surface area contributed by atoms with E-state index in [2.05, 4.69) is 15.6 Å². The molecule has 4 N–H and O–H groups in total. The van der Waals surface area contributed by atoms with Crippen LogP contribution in [0.4, 0.5) is 5.69 Å². The van der Waals surface area contributed by atoms with Crippen molar-refractivity contribution in [1.82, 2.24) is 15.6 Å². The molecule has 6 nitrogen and oxygen atoms in total. The Morgan fingerprint density at radius 3 is 2.81 bits per heavy atom. The van der Waals surface area contributed by atoms with E-state index in [4.69, 9.17) is 5.73 Å². The van der Waals surface area contributed by atoms with Crippen molar-refractivity contribution in [3.05, 3.63) is 22.7 Å². The van der Waals surface area contributed by atoms with Crippen LogP contribution in [0.2, 0.25) is 0 Å². The predicted octanol–water partition coefficient (Wildman–Crippen LogP) is 1.44. The van der Waals surface area contributed by atoms with E-state index in [0.717, 1.165) is 15.8 Å². The van der Waals surface area contributed by atoms with Crippen molar-refractivity contribution in [3.63, 3.8) is 0 Å². The van der Waals surface area contributed by atoms with Crippen molar-refractivity contribution in [2.75, 3.05) is 12.3 Å². The number of hydrogen-bond acceptors (Lipinski definition) is 5. The summed E-state index contributed by atoms with van der Waals surface area (Å²) >= 11 is 1.23. The number of aryl methyl sites for hydroxylation is 1. The van der Waals surface area contributed by atoms with Gasteiger partial charge in [0.15, 0.2) is 0 Å². The SMILES string of the molecule is CCNC(=O)C(C)NC(=O)c1sc2nccc(C)c2c1N. The Morgan fingerprint density at radius 2 is 2.19 bits per heavy atom. The number of rotatable bonds is 4. The molecule has 0 spiro atoms. The first kappa shape index (κ1) is 15.2. The van der Waals surface area contributed by atoms with Crippen LogP contribution in [-0.4, -0.2) is 29.4 Å². The number of carbonyl (C=O) groups excluding carboxylic acids is 2. The molecule has 2 aromatic heterocycles. The lowest BCUT2D eigenvalue weighted by Crippen LogP contribution is -2.44. The number of nitrogens with zero attached hydrogens (tertiary/aromatic N) is 1. The molecule has 0 aliphatic carbocycles. The van der Waals surface area contributed by atoms with Gasteiger partial charge in [0.05, 0.1) is 5.69 Å². The highest BCUT2D eigenvalue weighted by atomic mass is 32.1. The Hall–Kier alpha value is -2.15. The lowest BCUT2D eigenvalue weighted by atomic mass is 10.1. The normalized spacial score (nSPS) is 12.1. The van der Waals surface area contributed by atoms with Gasteiger partial charge in [0.2, 0.25) is 5.91 Å². The van der Waals surface area contributed by atoms with Gasteiger partial charge in [-0.15, -0.1) is 11.3 Å². The second kappa shape index (κ2) is 6.09. The van der Waals surface area contributed by atoms with Gasteiger partial charge in [0, 0.05) is 18.1 Å². The molecule has 2 aromatic rings. The van der Waals surface area contributed by atoms with Crippen molar-refractivity contribution < 1.29 is 9.59 Å². The van der Waals surface area contributed by atoms with Gasteiger partial charge >= 0.3 is 0 Å². The largest absolute Gasteiger partial charge is 0.397 e. The molecule has 21 heavy (non-hydrogen) atoms. The van der Waals surface area contributed by atoms with E-state index in [-0.39, 0.29) is 11.8 Å². The fraction of sp³-hybridized carbons (Fsp3) is 0.357. The molecule has 0 aliphatic heterocycles. The Labute approximate surface area is 126 Å². The zero-order chi connectivity index (χ0) is 15.6. The molecule has 0 saturated heterocycles. The summed E-state index contributed by atoms with van der Waals surface area (Å²) in [6, 6.07) is 1.24. The van der Waals surface area contributed by atoms with E-state index in [1.807, 2.05) is 19.9 Å². The Kier molecular flexibility index (Phi) is 4.42. The number of thiophene rings is 1. The molecule has 1 atom stereocenters. The van der Waals surface area contributed by atoms with Gasteiger partial charge in [-0.3, -0.25) is 9.59 Å². The van der Waals surface area contributed by atoms with Gasteiger partial charge in [-0.1, -0.05) is 0 Å². The minimum atomic E-state index is -0.615. The van der Waals surface area contributed by atoms with Crippen LogP contribution in [0.1, 0.15) is 29.1 Å². The Morgan fingerprint density at radius 1 is 1.48 bits per heavy atom. The van der Waals surface area contributed by atoms with Gasteiger partial charge in [-0.25, -0.2) is 4.98 Å². The molecule has 0 radical (unpaired) electrons. The summed E-state index contributed by atoms with van der Waals surface area (Å²) in [6.07, 6.45) is 1.69. The highest BCUT2D eigenvalue weighted by molar-refractivity contribution is 7.21. The topological polar surface area (TPSA) is 97.1 Å². The number of hydrogen-bond donors (Lipinski definition) is 3. The van der Waals surface area contributed by atoms with Gasteiger partial charge in [0.25, 0.3) is 5.91 Å². The maximum Gasteiger partial charge on any atom is 0.264 e. The Bertz CT molecular complexity index is 696. The molecule has 0 fully saturated rings. The zero-order valence-corrected chi connectivity index (χ0v) is 13.0. The quantitative estimate of drug-likeness (QED) is 0.796. The number of aromatic nitrogens is 1. The van der Waals surface area contributed by atoms with Crippen LogP contribution < -0.4 is 16.4 Å². The number of fused-ring (bicyclic) bond motifs is 1. The van der Waals surface area contributed by atoms with Crippen LogP contribution in [0.3, 0.4) is 0 Å². The second-order valence-corrected chi connectivity index (χ2v) is 5.74. The lowest BCUT2D eigenvalue weighted by molar-refractivity contribution is -0.122. The summed E-state index contributed by atoms with van der Waals surface area (Å²) in [7, 11) is 0. The van der Waals surface area contributed by atoms with Crippen molar-refractivity contribution >= 4 is 39.1 Å². The number of pyridine rings is 1. The van der Waals surface area contributed by atoms with Crippen molar-refractivity contribution in [1.29, 1.82) is 0 Å². The maximum atomic E-state index is 12.3. The number of likely N-dealkylation sites (N-methyl/N-ethyl adjacent to an activating group) is 1. The minimum Gasteiger partial charge on any atom is -0.397 e. The zero-order valence-electron chi connectivity index (χ0n) is 12.2. The van der Waals surface area contributed by atoms with E-state index in [1.54, 1.807) is 13.1 Å². The second-order valence-electron chi connectivity index (χ2n) is 4.74. The van der Waals surface area contributed by atoms with Gasteiger partial charge in [-0.2, -0.15) is 0 Å². The number of amides is 2. The number of nitrogens with one attached hydrogen (secondary N) is 2. The molecule has 0 saturated carbocycles. The number of carbonyl (C=O) groups is 2. The number of nitrogen functional groups attached to an aromatic ring is 1. The van der Waals surface area contributed by atoms with Gasteiger partial charge < -0.3 is 16.4 Å². The molecule has 7 heteroatoms. The van der Waals surface area contributed by atoms with E-state index in [0.29, 0.717) is 17.1 Å². The Balaban J connectivity index is 2.26.